The molecule has 1 aromatic rings. The molecule has 15 heavy (non-hydrogen) atoms. The summed E-state index contributed by atoms with van der Waals surface area (Å²) < 4.78 is 38.2. The van der Waals surface area contributed by atoms with E-state index in [9.17, 15) is 13.2 Å². The van der Waals surface area contributed by atoms with Crippen LogP contribution in [-0.4, -0.2) is 13.1 Å². The van der Waals surface area contributed by atoms with E-state index < -0.39 is 11.7 Å². The van der Waals surface area contributed by atoms with Crippen LogP contribution in [0.1, 0.15) is 5.56 Å². The number of benzene rings is 1. The number of hydrogen-bond acceptors (Lipinski definition) is 2. The lowest BCUT2D eigenvalue weighted by molar-refractivity contribution is -0.136. The van der Waals surface area contributed by atoms with Crippen LogP contribution in [0, 0.1) is 0 Å². The van der Waals surface area contributed by atoms with Crippen LogP contribution < -0.4 is 11.1 Å². The van der Waals surface area contributed by atoms with Crippen molar-refractivity contribution in [2.75, 3.05) is 18.4 Å². The molecule has 0 spiro atoms. The summed E-state index contributed by atoms with van der Waals surface area (Å²) in [4.78, 5) is 0. The number of anilines is 1. The lowest BCUT2D eigenvalue weighted by Gasteiger charge is -2.14. The van der Waals surface area contributed by atoms with Gasteiger partial charge < -0.3 is 11.1 Å². The lowest BCUT2D eigenvalue weighted by atomic mass is 10.1. The summed E-state index contributed by atoms with van der Waals surface area (Å²) in [6.07, 6.45) is -4.35. The average molecular weight is 283 g/mol. The summed E-state index contributed by atoms with van der Waals surface area (Å²) in [6, 6.07) is 3.78. The summed E-state index contributed by atoms with van der Waals surface area (Å²) >= 11 is 3.12. The molecule has 1 aromatic carbocycles. The maximum Gasteiger partial charge on any atom is 0.418 e. The number of alkyl halides is 3. The van der Waals surface area contributed by atoms with E-state index in [1.807, 2.05) is 0 Å². The molecule has 0 amide bonds. The molecule has 0 aliphatic carbocycles. The molecule has 0 radical (unpaired) electrons. The van der Waals surface area contributed by atoms with Gasteiger partial charge in [-0.2, -0.15) is 13.2 Å². The van der Waals surface area contributed by atoms with Gasteiger partial charge in [0, 0.05) is 23.2 Å². The third kappa shape index (κ3) is 3.39. The van der Waals surface area contributed by atoms with E-state index >= 15 is 0 Å². The largest absolute Gasteiger partial charge is 0.418 e. The van der Waals surface area contributed by atoms with Gasteiger partial charge in [-0.15, -0.1) is 0 Å². The van der Waals surface area contributed by atoms with Crippen molar-refractivity contribution >= 4 is 21.6 Å². The average Bonchev–Trinajstić information content (AvgIpc) is 2.12. The van der Waals surface area contributed by atoms with Gasteiger partial charge in [-0.1, -0.05) is 15.9 Å². The fourth-order valence-corrected chi connectivity index (χ4v) is 1.48. The Morgan fingerprint density at radius 1 is 1.33 bits per heavy atom. The maximum atomic E-state index is 12.5. The lowest BCUT2D eigenvalue weighted by Crippen LogP contribution is -2.16. The van der Waals surface area contributed by atoms with E-state index in [4.69, 9.17) is 5.73 Å². The molecule has 0 aliphatic heterocycles. The summed E-state index contributed by atoms with van der Waals surface area (Å²) in [5.41, 5.74) is 4.58. The predicted octanol–water partition coefficient (Wildman–Crippen LogP) is 2.84. The zero-order chi connectivity index (χ0) is 11.5. The number of hydrogen-bond donors (Lipinski definition) is 2. The zero-order valence-corrected chi connectivity index (χ0v) is 9.32. The first-order chi connectivity index (χ1) is 6.95. The molecule has 0 aromatic heterocycles. The zero-order valence-electron chi connectivity index (χ0n) is 7.74. The van der Waals surface area contributed by atoms with Gasteiger partial charge in [0.05, 0.1) is 5.56 Å². The predicted molar refractivity (Wildman–Crippen MR) is 56.7 cm³/mol. The Bertz CT molecular complexity index is 339. The normalized spacial score (nSPS) is 11.5. The number of halogens is 4. The van der Waals surface area contributed by atoms with Gasteiger partial charge in [-0.3, -0.25) is 0 Å². The topological polar surface area (TPSA) is 38.0 Å². The van der Waals surface area contributed by atoms with Gasteiger partial charge in [0.2, 0.25) is 0 Å². The van der Waals surface area contributed by atoms with Crippen molar-refractivity contribution in [1.29, 1.82) is 0 Å². The van der Waals surface area contributed by atoms with Crippen molar-refractivity contribution in [2.24, 2.45) is 5.73 Å². The van der Waals surface area contributed by atoms with Crippen molar-refractivity contribution in [3.05, 3.63) is 28.2 Å². The highest BCUT2D eigenvalue weighted by Gasteiger charge is 2.33. The Hall–Kier alpha value is -0.750. The molecule has 6 heteroatoms. The standard InChI is InChI=1S/C9H10BrF3N2/c10-6-1-2-7(9(11,12)13)8(5-6)15-4-3-14/h1-2,5,15H,3-4,14H2. The Morgan fingerprint density at radius 2 is 2.00 bits per heavy atom. The molecule has 0 unspecified atom stereocenters. The molecule has 0 atom stereocenters. The van der Waals surface area contributed by atoms with E-state index in [1.54, 1.807) is 0 Å². The fraction of sp³-hybridized carbons (Fsp3) is 0.333. The van der Waals surface area contributed by atoms with Crippen LogP contribution in [0.4, 0.5) is 18.9 Å². The summed E-state index contributed by atoms with van der Waals surface area (Å²) in [5, 5.41) is 2.64. The van der Waals surface area contributed by atoms with Gasteiger partial charge >= 0.3 is 6.18 Å². The highest BCUT2D eigenvalue weighted by Crippen LogP contribution is 2.36. The van der Waals surface area contributed by atoms with Crippen LogP contribution in [0.3, 0.4) is 0 Å². The van der Waals surface area contributed by atoms with Crippen LogP contribution in [0.5, 0.6) is 0 Å². The summed E-state index contributed by atoms with van der Waals surface area (Å²) in [7, 11) is 0. The van der Waals surface area contributed by atoms with Crippen LogP contribution in [0.15, 0.2) is 22.7 Å². The highest BCUT2D eigenvalue weighted by molar-refractivity contribution is 9.10. The van der Waals surface area contributed by atoms with Crippen molar-refractivity contribution in [1.82, 2.24) is 0 Å². The smallest absolute Gasteiger partial charge is 0.383 e. The molecule has 0 saturated carbocycles. The molecule has 0 bridgehead atoms. The Kier molecular flexibility index (Phi) is 3.98. The second-order valence-corrected chi connectivity index (χ2v) is 3.82. The summed E-state index contributed by atoms with van der Waals surface area (Å²) in [5.74, 6) is 0. The molecule has 0 heterocycles. The summed E-state index contributed by atoms with van der Waals surface area (Å²) in [6.45, 7) is 0.587. The number of nitrogens with two attached hydrogens (primary N) is 1. The van der Waals surface area contributed by atoms with Crippen LogP contribution in [-0.2, 0) is 6.18 Å². The van der Waals surface area contributed by atoms with Gasteiger partial charge in [0.15, 0.2) is 0 Å². The third-order valence-electron chi connectivity index (χ3n) is 1.75. The molecule has 1 rings (SSSR count). The Labute approximate surface area is 93.8 Å². The van der Waals surface area contributed by atoms with E-state index in [2.05, 4.69) is 21.2 Å². The number of rotatable bonds is 3. The quantitative estimate of drug-likeness (QED) is 0.895. The van der Waals surface area contributed by atoms with E-state index in [-0.39, 0.29) is 12.2 Å². The Balaban J connectivity index is 3.03. The van der Waals surface area contributed by atoms with E-state index in [0.29, 0.717) is 11.0 Å². The Morgan fingerprint density at radius 3 is 2.53 bits per heavy atom. The van der Waals surface area contributed by atoms with Crippen LogP contribution >= 0.6 is 15.9 Å². The van der Waals surface area contributed by atoms with Crippen molar-refractivity contribution in [3.63, 3.8) is 0 Å². The minimum atomic E-state index is -4.35. The second-order valence-electron chi connectivity index (χ2n) is 2.90. The molecular weight excluding hydrogens is 273 g/mol. The first-order valence-corrected chi connectivity index (χ1v) is 5.05. The van der Waals surface area contributed by atoms with E-state index in [0.717, 1.165) is 6.07 Å². The minimum absolute atomic E-state index is 0.0438. The molecule has 84 valence electrons. The van der Waals surface area contributed by atoms with Gasteiger partial charge in [-0.05, 0) is 18.2 Å². The van der Waals surface area contributed by atoms with Gasteiger partial charge in [-0.25, -0.2) is 0 Å². The highest BCUT2D eigenvalue weighted by atomic mass is 79.9. The molecule has 0 saturated heterocycles. The SMILES string of the molecule is NCCNc1cc(Br)ccc1C(F)(F)F. The second kappa shape index (κ2) is 4.85. The first-order valence-electron chi connectivity index (χ1n) is 4.26. The maximum absolute atomic E-state index is 12.5. The van der Waals surface area contributed by atoms with Crippen LogP contribution in [0.2, 0.25) is 0 Å². The molecule has 2 nitrogen and oxygen atoms in total. The van der Waals surface area contributed by atoms with Gasteiger partial charge in [0.25, 0.3) is 0 Å². The van der Waals surface area contributed by atoms with E-state index in [1.165, 1.54) is 12.1 Å². The third-order valence-corrected chi connectivity index (χ3v) is 2.24. The van der Waals surface area contributed by atoms with Crippen molar-refractivity contribution < 1.29 is 13.2 Å². The molecule has 0 aliphatic rings. The number of nitrogens with one attached hydrogen (secondary N) is 1. The molecule has 3 N–H and O–H groups in total. The van der Waals surface area contributed by atoms with Gasteiger partial charge in [0.1, 0.15) is 0 Å². The monoisotopic (exact) mass is 282 g/mol. The van der Waals surface area contributed by atoms with Crippen molar-refractivity contribution in [2.45, 2.75) is 6.18 Å². The molecular formula is C9H10BrF3N2. The molecule has 0 fully saturated rings. The van der Waals surface area contributed by atoms with Crippen molar-refractivity contribution in [3.8, 4) is 0 Å². The first kappa shape index (κ1) is 12.3. The fourth-order valence-electron chi connectivity index (χ4n) is 1.12. The minimum Gasteiger partial charge on any atom is -0.383 e. The van der Waals surface area contributed by atoms with Crippen LogP contribution in [0.25, 0.3) is 0 Å².